The number of phenolic OH excluding ortho intramolecular Hbond substituents is 7. The minimum Gasteiger partial charge on any atom is -0.508 e. The first-order valence-corrected chi connectivity index (χ1v) is 13.5. The van der Waals surface area contributed by atoms with E-state index in [1.54, 1.807) is 13.8 Å². The monoisotopic (exact) mass is 590 g/mol. The Morgan fingerprint density at radius 1 is 0.698 bits per heavy atom. The summed E-state index contributed by atoms with van der Waals surface area (Å²) < 4.78 is 12.4. The molecule has 0 fully saturated rings. The maximum atomic E-state index is 11.9. The third-order valence-corrected chi connectivity index (χ3v) is 8.22. The second kappa shape index (κ2) is 9.79. The summed E-state index contributed by atoms with van der Waals surface area (Å²) >= 11 is 0. The van der Waals surface area contributed by atoms with Gasteiger partial charge in [0.25, 0.3) is 0 Å². The van der Waals surface area contributed by atoms with Crippen molar-refractivity contribution < 1.29 is 55.4 Å². The summed E-state index contributed by atoms with van der Waals surface area (Å²) in [5, 5.41) is 96.0. The first-order chi connectivity index (χ1) is 20.3. The molecule has 43 heavy (non-hydrogen) atoms. The van der Waals surface area contributed by atoms with Gasteiger partial charge in [0.1, 0.15) is 40.5 Å². The number of rotatable bonds is 3. The van der Waals surface area contributed by atoms with Crippen LogP contribution in [0.4, 0.5) is 0 Å². The van der Waals surface area contributed by atoms with Crippen LogP contribution in [0.15, 0.2) is 54.6 Å². The first-order valence-electron chi connectivity index (χ1n) is 13.5. The molecule has 6 rings (SSSR count). The van der Waals surface area contributed by atoms with E-state index in [1.807, 2.05) is 0 Å². The van der Waals surface area contributed by atoms with Crippen molar-refractivity contribution in [1.29, 1.82) is 0 Å². The van der Waals surface area contributed by atoms with Crippen molar-refractivity contribution in [3.05, 3.63) is 88.0 Å². The first kappa shape index (κ1) is 28.1. The lowest BCUT2D eigenvalue weighted by molar-refractivity contribution is -0.0640. The second-order valence-corrected chi connectivity index (χ2v) is 11.3. The summed E-state index contributed by atoms with van der Waals surface area (Å²) in [4.78, 5) is 0. The molecule has 0 aromatic heterocycles. The van der Waals surface area contributed by atoms with Gasteiger partial charge in [0.2, 0.25) is 0 Å². The van der Waals surface area contributed by atoms with Crippen molar-refractivity contribution in [2.45, 2.75) is 50.1 Å². The number of phenols is 7. The Hall–Kier alpha value is -5.00. The highest BCUT2D eigenvalue weighted by Gasteiger charge is 2.48. The van der Waals surface area contributed by atoms with Crippen molar-refractivity contribution in [2.75, 3.05) is 0 Å². The normalized spacial score (nSPS) is 24.4. The standard InChI is InChI=1S/C32H30O11/c1-13-7-22(38)26(30-17(13)12-32(2,41)31(43-30)15-4-6-19(35)21(37)9-15)27-25-23(39)10-16(33)11-24(25)42-29(28(27)40)14-3-5-18(34)20(36)8-14/h3-11,27-29,31,33-41H,12H2,1-2H3/t27-,28-,29+,31+,32+/m0/s1. The fourth-order valence-corrected chi connectivity index (χ4v) is 6.17. The van der Waals surface area contributed by atoms with Gasteiger partial charge in [-0.2, -0.15) is 0 Å². The van der Waals surface area contributed by atoms with E-state index in [0.717, 1.165) is 6.07 Å². The topological polar surface area (TPSA) is 201 Å². The molecule has 0 amide bonds. The molecule has 0 saturated carbocycles. The summed E-state index contributed by atoms with van der Waals surface area (Å²) in [6, 6.07) is 11.6. The van der Waals surface area contributed by atoms with Crippen LogP contribution in [-0.2, 0) is 6.42 Å². The fourth-order valence-electron chi connectivity index (χ4n) is 6.17. The van der Waals surface area contributed by atoms with Gasteiger partial charge in [-0.1, -0.05) is 12.1 Å². The molecule has 0 spiro atoms. The zero-order valence-electron chi connectivity index (χ0n) is 23.1. The van der Waals surface area contributed by atoms with E-state index in [2.05, 4.69) is 0 Å². The smallest absolute Gasteiger partial charge is 0.157 e. The van der Waals surface area contributed by atoms with Crippen LogP contribution in [0.1, 0.15) is 58.4 Å². The minimum atomic E-state index is -1.52. The third kappa shape index (κ3) is 4.53. The molecule has 2 aliphatic rings. The average Bonchev–Trinajstić information content (AvgIpc) is 2.92. The van der Waals surface area contributed by atoms with Gasteiger partial charge in [-0.25, -0.2) is 0 Å². The Labute approximate surface area is 245 Å². The lowest BCUT2D eigenvalue weighted by Gasteiger charge is -2.43. The SMILES string of the molecule is Cc1cc(O)c([C@@H]2c3c(O)cc(O)cc3O[C@H](c3ccc(O)c(O)c3)[C@H]2O)c2c1C[C@@](C)(O)[C@@H](c1ccc(O)c(O)c1)O2. The lowest BCUT2D eigenvalue weighted by Crippen LogP contribution is -2.43. The number of benzene rings is 4. The molecule has 0 radical (unpaired) electrons. The summed E-state index contributed by atoms with van der Waals surface area (Å²) in [5.41, 5.74) is 0.288. The molecule has 0 saturated heterocycles. The number of fused-ring (bicyclic) bond motifs is 2. The van der Waals surface area contributed by atoms with Crippen LogP contribution in [0, 0.1) is 6.92 Å². The molecule has 5 atom stereocenters. The molecule has 2 aliphatic heterocycles. The number of aliphatic hydroxyl groups is 2. The van der Waals surface area contributed by atoms with Gasteiger partial charge in [0.05, 0.1) is 5.92 Å². The highest BCUT2D eigenvalue weighted by molar-refractivity contribution is 5.65. The molecule has 11 nitrogen and oxygen atoms in total. The molecule has 9 N–H and O–H groups in total. The van der Waals surface area contributed by atoms with Crippen LogP contribution < -0.4 is 9.47 Å². The maximum absolute atomic E-state index is 11.9. The van der Waals surface area contributed by atoms with Crippen LogP contribution in [0.3, 0.4) is 0 Å². The van der Waals surface area contributed by atoms with Crippen LogP contribution >= 0.6 is 0 Å². The van der Waals surface area contributed by atoms with Gasteiger partial charge in [0, 0.05) is 35.2 Å². The lowest BCUT2D eigenvalue weighted by atomic mass is 9.75. The van der Waals surface area contributed by atoms with Gasteiger partial charge >= 0.3 is 0 Å². The average molecular weight is 591 g/mol. The van der Waals surface area contributed by atoms with E-state index in [0.29, 0.717) is 16.7 Å². The number of ether oxygens (including phenoxy) is 2. The largest absolute Gasteiger partial charge is 0.508 e. The van der Waals surface area contributed by atoms with E-state index >= 15 is 0 Å². The maximum Gasteiger partial charge on any atom is 0.157 e. The molecule has 0 bridgehead atoms. The number of hydrogen-bond acceptors (Lipinski definition) is 11. The van der Waals surface area contributed by atoms with Gasteiger partial charge in [-0.05, 0) is 60.9 Å². The molecule has 0 unspecified atom stereocenters. The third-order valence-electron chi connectivity index (χ3n) is 8.22. The fraction of sp³-hybridized carbons (Fsp3) is 0.250. The van der Waals surface area contributed by atoms with Crippen molar-refractivity contribution in [2.24, 2.45) is 0 Å². The highest BCUT2D eigenvalue weighted by atomic mass is 16.5. The van der Waals surface area contributed by atoms with E-state index < -0.39 is 52.8 Å². The predicted octanol–water partition coefficient (Wildman–Crippen LogP) is 3.99. The molecular formula is C32H30O11. The molecule has 224 valence electrons. The molecule has 4 aromatic carbocycles. The molecule has 11 heteroatoms. The number of hydrogen-bond donors (Lipinski definition) is 9. The predicted molar refractivity (Wildman–Crippen MR) is 151 cm³/mol. The zero-order valence-corrected chi connectivity index (χ0v) is 23.1. The Morgan fingerprint density at radius 2 is 1.30 bits per heavy atom. The van der Waals surface area contributed by atoms with E-state index in [-0.39, 0.29) is 51.9 Å². The van der Waals surface area contributed by atoms with E-state index in [4.69, 9.17) is 9.47 Å². The molecule has 0 aliphatic carbocycles. The Kier molecular flexibility index (Phi) is 6.40. The second-order valence-electron chi connectivity index (χ2n) is 11.3. The molecule has 4 aromatic rings. The number of aliphatic hydroxyl groups excluding tert-OH is 1. The summed E-state index contributed by atoms with van der Waals surface area (Å²) in [6.07, 6.45) is -3.79. The van der Waals surface area contributed by atoms with Crippen LogP contribution in [0.25, 0.3) is 0 Å². The van der Waals surface area contributed by atoms with Crippen molar-refractivity contribution in [1.82, 2.24) is 0 Å². The highest BCUT2D eigenvalue weighted by Crippen LogP contribution is 2.57. The van der Waals surface area contributed by atoms with Crippen LogP contribution in [0.5, 0.6) is 51.7 Å². The van der Waals surface area contributed by atoms with Gasteiger partial charge in [-0.15, -0.1) is 0 Å². The van der Waals surface area contributed by atoms with Crippen molar-refractivity contribution in [3.8, 4) is 51.7 Å². The number of aromatic hydroxyl groups is 7. The Bertz CT molecular complexity index is 1760. The van der Waals surface area contributed by atoms with Crippen molar-refractivity contribution in [3.63, 3.8) is 0 Å². The minimum absolute atomic E-state index is 0.0121. The number of aryl methyl sites for hydroxylation is 1. The zero-order chi connectivity index (χ0) is 31.0. The van der Waals surface area contributed by atoms with Crippen LogP contribution in [-0.4, -0.2) is 57.7 Å². The van der Waals surface area contributed by atoms with E-state index in [1.165, 1.54) is 48.5 Å². The Morgan fingerprint density at radius 3 is 1.95 bits per heavy atom. The summed E-state index contributed by atoms with van der Waals surface area (Å²) in [6.45, 7) is 3.28. The summed E-state index contributed by atoms with van der Waals surface area (Å²) in [7, 11) is 0. The quantitative estimate of drug-likeness (QED) is 0.156. The Balaban J connectivity index is 1.57. The van der Waals surface area contributed by atoms with Gasteiger partial charge in [-0.3, -0.25) is 0 Å². The molecular weight excluding hydrogens is 560 g/mol. The van der Waals surface area contributed by atoms with Gasteiger partial charge in [0.15, 0.2) is 35.2 Å². The summed E-state index contributed by atoms with van der Waals surface area (Å²) in [5.74, 6) is -3.79. The van der Waals surface area contributed by atoms with Crippen LogP contribution in [0.2, 0.25) is 0 Å². The van der Waals surface area contributed by atoms with E-state index in [9.17, 15) is 46.0 Å². The van der Waals surface area contributed by atoms with Crippen molar-refractivity contribution >= 4 is 0 Å². The molecule has 2 heterocycles. The van der Waals surface area contributed by atoms with Gasteiger partial charge < -0.3 is 55.4 Å².